The van der Waals surface area contributed by atoms with Crippen molar-refractivity contribution in [2.24, 2.45) is 23.2 Å². The van der Waals surface area contributed by atoms with Crippen molar-refractivity contribution in [1.82, 2.24) is 5.32 Å². The van der Waals surface area contributed by atoms with E-state index in [2.05, 4.69) is 26.1 Å². The number of nitrogens with one attached hydrogen (secondary N) is 1. The summed E-state index contributed by atoms with van der Waals surface area (Å²) in [5.41, 5.74) is -0.0298. The van der Waals surface area contributed by atoms with Crippen molar-refractivity contribution in [3.05, 3.63) is 0 Å². The molecule has 0 aromatic rings. The van der Waals surface area contributed by atoms with Crippen LogP contribution in [0.25, 0.3) is 0 Å². The summed E-state index contributed by atoms with van der Waals surface area (Å²) in [7, 11) is 0. The SMILES string of the molecule is CCCC1(C(=O)C2CCC(C)C(C)C2)CCCNC1. The predicted octanol–water partition coefficient (Wildman–Crippen LogP) is 3.80. The Morgan fingerprint density at radius 2 is 2.05 bits per heavy atom. The van der Waals surface area contributed by atoms with Crippen LogP contribution in [-0.4, -0.2) is 18.9 Å². The third-order valence-corrected chi connectivity index (χ3v) is 5.69. The number of hydrogen-bond acceptors (Lipinski definition) is 2. The van der Waals surface area contributed by atoms with E-state index in [9.17, 15) is 4.79 Å². The van der Waals surface area contributed by atoms with E-state index in [0.717, 1.165) is 57.0 Å². The Morgan fingerprint density at radius 3 is 2.63 bits per heavy atom. The first-order valence-corrected chi connectivity index (χ1v) is 8.34. The van der Waals surface area contributed by atoms with Crippen molar-refractivity contribution in [1.29, 1.82) is 0 Å². The Hall–Kier alpha value is -0.370. The van der Waals surface area contributed by atoms with Crippen molar-refractivity contribution in [3.8, 4) is 0 Å². The van der Waals surface area contributed by atoms with E-state index in [0.29, 0.717) is 11.7 Å². The van der Waals surface area contributed by atoms with Crippen LogP contribution < -0.4 is 5.32 Å². The monoisotopic (exact) mass is 265 g/mol. The highest BCUT2D eigenvalue weighted by Crippen LogP contribution is 2.41. The largest absolute Gasteiger partial charge is 0.316 e. The van der Waals surface area contributed by atoms with E-state index in [1.54, 1.807) is 0 Å². The Morgan fingerprint density at radius 1 is 1.26 bits per heavy atom. The van der Waals surface area contributed by atoms with Gasteiger partial charge in [0, 0.05) is 17.9 Å². The Labute approximate surface area is 118 Å². The van der Waals surface area contributed by atoms with Crippen LogP contribution in [0.4, 0.5) is 0 Å². The van der Waals surface area contributed by atoms with Gasteiger partial charge in [0.2, 0.25) is 0 Å². The molecular weight excluding hydrogens is 234 g/mol. The van der Waals surface area contributed by atoms with E-state index in [1.165, 1.54) is 12.8 Å². The van der Waals surface area contributed by atoms with Crippen LogP contribution in [0.2, 0.25) is 0 Å². The van der Waals surface area contributed by atoms with E-state index in [4.69, 9.17) is 0 Å². The van der Waals surface area contributed by atoms with Crippen molar-refractivity contribution in [2.45, 2.75) is 65.7 Å². The second-order valence-corrected chi connectivity index (χ2v) is 7.14. The zero-order valence-electron chi connectivity index (χ0n) is 13.0. The van der Waals surface area contributed by atoms with Crippen LogP contribution in [0.1, 0.15) is 65.7 Å². The fourth-order valence-corrected chi connectivity index (χ4v) is 4.21. The highest BCUT2D eigenvalue weighted by molar-refractivity contribution is 5.87. The molecule has 110 valence electrons. The minimum absolute atomic E-state index is 0.0298. The molecule has 0 radical (unpaired) electrons. The van der Waals surface area contributed by atoms with Crippen LogP contribution in [-0.2, 0) is 4.79 Å². The lowest BCUT2D eigenvalue weighted by molar-refractivity contribution is -0.136. The molecule has 1 saturated heterocycles. The summed E-state index contributed by atoms with van der Waals surface area (Å²) in [6.45, 7) is 8.91. The fourth-order valence-electron chi connectivity index (χ4n) is 4.21. The van der Waals surface area contributed by atoms with Crippen LogP contribution in [0, 0.1) is 23.2 Å². The summed E-state index contributed by atoms with van der Waals surface area (Å²) in [6.07, 6.45) is 8.01. The molecule has 2 fully saturated rings. The maximum atomic E-state index is 13.1. The predicted molar refractivity (Wildman–Crippen MR) is 80.1 cm³/mol. The Bertz CT molecular complexity index is 301. The molecule has 19 heavy (non-hydrogen) atoms. The Balaban J connectivity index is 2.06. The van der Waals surface area contributed by atoms with Crippen LogP contribution in [0.15, 0.2) is 0 Å². The van der Waals surface area contributed by atoms with Crippen LogP contribution in [0.3, 0.4) is 0 Å². The normalized spacial score (nSPS) is 40.1. The first-order valence-electron chi connectivity index (χ1n) is 8.34. The number of carbonyl (C=O) groups excluding carboxylic acids is 1. The second kappa shape index (κ2) is 6.39. The summed E-state index contributed by atoms with van der Waals surface area (Å²) >= 11 is 0. The summed E-state index contributed by atoms with van der Waals surface area (Å²) < 4.78 is 0. The summed E-state index contributed by atoms with van der Waals surface area (Å²) in [5.74, 6) is 2.46. The van der Waals surface area contributed by atoms with Gasteiger partial charge < -0.3 is 5.32 Å². The molecule has 1 aliphatic heterocycles. The van der Waals surface area contributed by atoms with E-state index >= 15 is 0 Å². The molecule has 2 heteroatoms. The first kappa shape index (κ1) is 15.0. The van der Waals surface area contributed by atoms with Gasteiger partial charge in [-0.1, -0.05) is 27.2 Å². The quantitative estimate of drug-likeness (QED) is 0.837. The lowest BCUT2D eigenvalue weighted by atomic mass is 9.65. The number of ketones is 1. The lowest BCUT2D eigenvalue weighted by Crippen LogP contribution is -2.48. The maximum Gasteiger partial charge on any atom is 0.143 e. The molecule has 2 aliphatic rings. The summed E-state index contributed by atoms with van der Waals surface area (Å²) in [6, 6.07) is 0. The minimum Gasteiger partial charge on any atom is -0.316 e. The van der Waals surface area contributed by atoms with Gasteiger partial charge >= 0.3 is 0 Å². The number of rotatable bonds is 4. The molecule has 1 heterocycles. The average molecular weight is 265 g/mol. The highest BCUT2D eigenvalue weighted by Gasteiger charge is 2.43. The molecule has 0 aromatic heterocycles. The second-order valence-electron chi connectivity index (χ2n) is 7.14. The maximum absolute atomic E-state index is 13.1. The van der Waals surface area contributed by atoms with E-state index in [1.807, 2.05) is 0 Å². The van der Waals surface area contributed by atoms with E-state index < -0.39 is 0 Å². The molecule has 0 spiro atoms. The number of Topliss-reactive ketones (excluding diaryl/α,β-unsaturated/α-hetero) is 1. The average Bonchev–Trinajstić information content (AvgIpc) is 2.42. The molecular formula is C17H31NO. The van der Waals surface area contributed by atoms with Crippen molar-refractivity contribution >= 4 is 5.78 Å². The molecule has 0 aromatic carbocycles. The van der Waals surface area contributed by atoms with Gasteiger partial charge in [0.1, 0.15) is 5.78 Å². The molecule has 1 N–H and O–H groups in total. The highest BCUT2D eigenvalue weighted by atomic mass is 16.1. The number of carbonyl (C=O) groups is 1. The van der Waals surface area contributed by atoms with Crippen molar-refractivity contribution in [3.63, 3.8) is 0 Å². The summed E-state index contributed by atoms with van der Waals surface area (Å²) in [4.78, 5) is 13.1. The molecule has 2 nitrogen and oxygen atoms in total. The molecule has 0 amide bonds. The molecule has 4 atom stereocenters. The molecule has 1 aliphatic carbocycles. The van der Waals surface area contributed by atoms with Gasteiger partial charge in [0.05, 0.1) is 0 Å². The van der Waals surface area contributed by atoms with Gasteiger partial charge in [-0.15, -0.1) is 0 Å². The fraction of sp³-hybridized carbons (Fsp3) is 0.941. The lowest BCUT2D eigenvalue weighted by Gasteiger charge is -2.41. The Kier molecular flexibility index (Phi) is 5.05. The van der Waals surface area contributed by atoms with Gasteiger partial charge in [-0.2, -0.15) is 0 Å². The van der Waals surface area contributed by atoms with Crippen molar-refractivity contribution in [2.75, 3.05) is 13.1 Å². The van der Waals surface area contributed by atoms with Gasteiger partial charge in [-0.3, -0.25) is 4.79 Å². The van der Waals surface area contributed by atoms with Crippen molar-refractivity contribution < 1.29 is 4.79 Å². The third kappa shape index (κ3) is 3.21. The summed E-state index contributed by atoms with van der Waals surface area (Å²) in [5, 5.41) is 3.48. The van der Waals surface area contributed by atoms with E-state index in [-0.39, 0.29) is 5.41 Å². The van der Waals surface area contributed by atoms with Crippen LogP contribution in [0.5, 0.6) is 0 Å². The zero-order chi connectivity index (χ0) is 13.9. The number of hydrogen-bond donors (Lipinski definition) is 1. The standard InChI is InChI=1S/C17H31NO/c1-4-8-17(9-5-10-18-12-17)16(19)15-7-6-13(2)14(3)11-15/h13-15,18H,4-12H2,1-3H3. The molecule has 4 unspecified atom stereocenters. The third-order valence-electron chi connectivity index (χ3n) is 5.69. The zero-order valence-corrected chi connectivity index (χ0v) is 13.0. The minimum atomic E-state index is -0.0298. The van der Waals surface area contributed by atoms with Gasteiger partial charge in [-0.05, 0) is 56.9 Å². The molecule has 0 bridgehead atoms. The first-order chi connectivity index (χ1) is 9.09. The van der Waals surface area contributed by atoms with Gasteiger partial charge in [0.15, 0.2) is 0 Å². The van der Waals surface area contributed by atoms with Gasteiger partial charge in [0.25, 0.3) is 0 Å². The number of piperidine rings is 1. The van der Waals surface area contributed by atoms with Crippen LogP contribution >= 0.6 is 0 Å². The van der Waals surface area contributed by atoms with Gasteiger partial charge in [-0.25, -0.2) is 0 Å². The topological polar surface area (TPSA) is 29.1 Å². The molecule has 1 saturated carbocycles. The smallest absolute Gasteiger partial charge is 0.143 e. The molecule has 2 rings (SSSR count).